The van der Waals surface area contributed by atoms with Crippen molar-refractivity contribution < 1.29 is 9.90 Å². The Morgan fingerprint density at radius 3 is 2.68 bits per heavy atom. The van der Waals surface area contributed by atoms with Gasteiger partial charge in [-0.2, -0.15) is 0 Å². The number of rotatable bonds is 6. The Morgan fingerprint density at radius 1 is 1.42 bits per heavy atom. The predicted octanol–water partition coefficient (Wildman–Crippen LogP) is 2.84. The molecule has 0 radical (unpaired) electrons. The topological polar surface area (TPSA) is 62.2 Å². The van der Waals surface area contributed by atoms with Crippen LogP contribution in [0.5, 0.6) is 0 Å². The smallest absolute Gasteiger partial charge is 0.337 e. The molecule has 1 fully saturated rings. The number of aromatic carboxylic acids is 1. The standard InChI is InChI=1S/C15H22N2O2/c1-2-15(7-3-4-8-15)11-16-10-13-6-5-12(9-17-13)14(18)19/h5-6,9,16H,2-4,7-8,10-11H2,1H3,(H,18,19). The molecule has 2 N–H and O–H groups in total. The van der Waals surface area contributed by atoms with Gasteiger partial charge in [0.15, 0.2) is 0 Å². The number of carboxylic acids is 1. The van der Waals surface area contributed by atoms with Crippen LogP contribution >= 0.6 is 0 Å². The van der Waals surface area contributed by atoms with Crippen LogP contribution in [0.25, 0.3) is 0 Å². The molecule has 1 saturated carbocycles. The summed E-state index contributed by atoms with van der Waals surface area (Å²) < 4.78 is 0. The lowest BCUT2D eigenvalue weighted by molar-refractivity contribution is 0.0696. The number of pyridine rings is 1. The summed E-state index contributed by atoms with van der Waals surface area (Å²) in [6.45, 7) is 4.01. The van der Waals surface area contributed by atoms with Crippen molar-refractivity contribution in [2.75, 3.05) is 6.54 Å². The predicted molar refractivity (Wildman–Crippen MR) is 74.1 cm³/mol. The Balaban J connectivity index is 1.83. The summed E-state index contributed by atoms with van der Waals surface area (Å²) in [5, 5.41) is 12.3. The summed E-state index contributed by atoms with van der Waals surface area (Å²) in [7, 11) is 0. The maximum Gasteiger partial charge on any atom is 0.337 e. The van der Waals surface area contributed by atoms with Crippen LogP contribution < -0.4 is 5.32 Å². The van der Waals surface area contributed by atoms with Gasteiger partial charge in [-0.05, 0) is 36.8 Å². The summed E-state index contributed by atoms with van der Waals surface area (Å²) in [6, 6.07) is 3.39. The van der Waals surface area contributed by atoms with E-state index in [1.807, 2.05) is 0 Å². The Hall–Kier alpha value is -1.42. The van der Waals surface area contributed by atoms with Gasteiger partial charge in [-0.1, -0.05) is 19.8 Å². The zero-order chi connectivity index (χ0) is 13.7. The largest absolute Gasteiger partial charge is 0.478 e. The third-order valence-electron chi connectivity index (χ3n) is 4.29. The second-order valence-corrected chi connectivity index (χ2v) is 5.51. The molecular weight excluding hydrogens is 240 g/mol. The summed E-state index contributed by atoms with van der Waals surface area (Å²) in [5.41, 5.74) is 1.61. The molecule has 0 bridgehead atoms. The van der Waals surface area contributed by atoms with Gasteiger partial charge in [0.25, 0.3) is 0 Å². The number of nitrogens with zero attached hydrogens (tertiary/aromatic N) is 1. The van der Waals surface area contributed by atoms with E-state index in [4.69, 9.17) is 5.11 Å². The average molecular weight is 262 g/mol. The molecule has 4 heteroatoms. The van der Waals surface area contributed by atoms with Crippen LogP contribution in [0.1, 0.15) is 55.1 Å². The molecule has 4 nitrogen and oxygen atoms in total. The van der Waals surface area contributed by atoms with Crippen molar-refractivity contribution >= 4 is 5.97 Å². The van der Waals surface area contributed by atoms with E-state index in [1.54, 1.807) is 12.1 Å². The van der Waals surface area contributed by atoms with Crippen LogP contribution in [0, 0.1) is 5.41 Å². The number of carbonyl (C=O) groups is 1. The maximum atomic E-state index is 10.7. The summed E-state index contributed by atoms with van der Waals surface area (Å²) in [5.74, 6) is -0.928. The Labute approximate surface area is 114 Å². The van der Waals surface area contributed by atoms with Crippen LogP contribution in [-0.4, -0.2) is 22.6 Å². The minimum Gasteiger partial charge on any atom is -0.478 e. The van der Waals surface area contributed by atoms with E-state index in [0.717, 1.165) is 12.2 Å². The lowest BCUT2D eigenvalue weighted by atomic mass is 9.83. The fourth-order valence-electron chi connectivity index (χ4n) is 2.89. The van der Waals surface area contributed by atoms with Crippen LogP contribution in [-0.2, 0) is 6.54 Å². The molecule has 2 rings (SSSR count). The molecule has 1 aromatic heterocycles. The summed E-state index contributed by atoms with van der Waals surface area (Å²) in [4.78, 5) is 14.9. The van der Waals surface area contributed by atoms with Gasteiger partial charge in [0.05, 0.1) is 11.3 Å². The lowest BCUT2D eigenvalue weighted by Gasteiger charge is -2.27. The quantitative estimate of drug-likeness (QED) is 0.827. The van der Waals surface area contributed by atoms with E-state index < -0.39 is 5.97 Å². The normalized spacial score (nSPS) is 17.5. The van der Waals surface area contributed by atoms with E-state index in [0.29, 0.717) is 12.0 Å². The molecule has 19 heavy (non-hydrogen) atoms. The SMILES string of the molecule is CCC1(CNCc2ccc(C(=O)O)cn2)CCCC1. The van der Waals surface area contributed by atoms with Crippen LogP contribution in [0.4, 0.5) is 0 Å². The molecule has 0 amide bonds. The zero-order valence-corrected chi connectivity index (χ0v) is 11.5. The van der Waals surface area contributed by atoms with Crippen LogP contribution in [0.2, 0.25) is 0 Å². The molecule has 0 atom stereocenters. The monoisotopic (exact) mass is 262 g/mol. The first kappa shape index (κ1) is 14.0. The first-order valence-corrected chi connectivity index (χ1v) is 7.04. The minimum atomic E-state index is -0.928. The highest BCUT2D eigenvalue weighted by molar-refractivity contribution is 5.87. The molecule has 1 aliphatic rings. The molecule has 1 aromatic rings. The van der Waals surface area contributed by atoms with Crippen molar-refractivity contribution in [3.05, 3.63) is 29.6 Å². The molecule has 1 aliphatic carbocycles. The van der Waals surface area contributed by atoms with Gasteiger partial charge in [-0.25, -0.2) is 4.79 Å². The molecule has 0 spiro atoms. The second kappa shape index (κ2) is 6.15. The van der Waals surface area contributed by atoms with E-state index in [2.05, 4.69) is 17.2 Å². The number of hydrogen-bond acceptors (Lipinski definition) is 3. The van der Waals surface area contributed by atoms with Gasteiger partial charge in [0.2, 0.25) is 0 Å². The van der Waals surface area contributed by atoms with Crippen molar-refractivity contribution in [2.45, 2.75) is 45.6 Å². The Morgan fingerprint density at radius 2 is 2.16 bits per heavy atom. The van der Waals surface area contributed by atoms with E-state index in [1.165, 1.54) is 38.3 Å². The number of hydrogen-bond donors (Lipinski definition) is 2. The molecule has 0 aromatic carbocycles. The minimum absolute atomic E-state index is 0.240. The molecule has 0 saturated heterocycles. The molecular formula is C15H22N2O2. The Kier molecular flexibility index (Phi) is 4.53. The first-order valence-electron chi connectivity index (χ1n) is 7.04. The summed E-state index contributed by atoms with van der Waals surface area (Å²) in [6.07, 6.45) is 7.99. The van der Waals surface area contributed by atoms with Crippen LogP contribution in [0.15, 0.2) is 18.3 Å². The van der Waals surface area contributed by atoms with Crippen molar-refractivity contribution in [3.63, 3.8) is 0 Å². The molecule has 1 heterocycles. The third-order valence-corrected chi connectivity index (χ3v) is 4.29. The highest BCUT2D eigenvalue weighted by Crippen LogP contribution is 2.40. The Bertz CT molecular complexity index is 422. The number of nitrogens with one attached hydrogen (secondary N) is 1. The molecule has 104 valence electrons. The van der Waals surface area contributed by atoms with Crippen molar-refractivity contribution in [3.8, 4) is 0 Å². The van der Waals surface area contributed by atoms with Gasteiger partial charge >= 0.3 is 5.97 Å². The molecule has 0 aliphatic heterocycles. The fraction of sp³-hybridized carbons (Fsp3) is 0.600. The number of aromatic nitrogens is 1. The van der Waals surface area contributed by atoms with E-state index in [-0.39, 0.29) is 5.56 Å². The van der Waals surface area contributed by atoms with Crippen molar-refractivity contribution in [2.24, 2.45) is 5.41 Å². The van der Waals surface area contributed by atoms with Gasteiger partial charge in [0, 0.05) is 19.3 Å². The van der Waals surface area contributed by atoms with Gasteiger partial charge in [-0.3, -0.25) is 4.98 Å². The van der Waals surface area contributed by atoms with Crippen LogP contribution in [0.3, 0.4) is 0 Å². The van der Waals surface area contributed by atoms with Crippen molar-refractivity contribution in [1.29, 1.82) is 0 Å². The first-order chi connectivity index (χ1) is 9.15. The fourth-order valence-corrected chi connectivity index (χ4v) is 2.89. The lowest BCUT2D eigenvalue weighted by Crippen LogP contribution is -2.31. The van der Waals surface area contributed by atoms with Crippen molar-refractivity contribution in [1.82, 2.24) is 10.3 Å². The third kappa shape index (κ3) is 3.53. The van der Waals surface area contributed by atoms with E-state index >= 15 is 0 Å². The highest BCUT2D eigenvalue weighted by atomic mass is 16.4. The van der Waals surface area contributed by atoms with E-state index in [9.17, 15) is 4.79 Å². The van der Waals surface area contributed by atoms with Gasteiger partial charge in [-0.15, -0.1) is 0 Å². The molecule has 0 unspecified atom stereocenters. The number of carboxylic acid groups (broad SMARTS) is 1. The van der Waals surface area contributed by atoms with Gasteiger partial charge in [0.1, 0.15) is 0 Å². The highest BCUT2D eigenvalue weighted by Gasteiger charge is 2.31. The second-order valence-electron chi connectivity index (χ2n) is 5.51. The summed E-state index contributed by atoms with van der Waals surface area (Å²) >= 11 is 0. The zero-order valence-electron chi connectivity index (χ0n) is 11.5. The van der Waals surface area contributed by atoms with Gasteiger partial charge < -0.3 is 10.4 Å². The average Bonchev–Trinajstić information content (AvgIpc) is 2.89. The maximum absolute atomic E-state index is 10.7.